The Kier molecular flexibility index (Phi) is 7.12. The van der Waals surface area contributed by atoms with Gasteiger partial charge in [-0.2, -0.15) is 0 Å². The number of hydrogen-bond acceptors (Lipinski definition) is 4. The lowest BCUT2D eigenvalue weighted by molar-refractivity contribution is -0.137. The van der Waals surface area contributed by atoms with Crippen LogP contribution in [0.3, 0.4) is 0 Å². The van der Waals surface area contributed by atoms with Crippen molar-refractivity contribution in [1.82, 2.24) is 4.90 Å². The molecule has 0 atom stereocenters. The van der Waals surface area contributed by atoms with E-state index in [1.165, 1.54) is 6.08 Å². The molecule has 0 saturated carbocycles. The van der Waals surface area contributed by atoms with Gasteiger partial charge in [0.05, 0.1) is 13.2 Å². The average molecular weight is 352 g/mol. The number of amides is 1. The van der Waals surface area contributed by atoms with Crippen LogP contribution >= 0.6 is 0 Å². The van der Waals surface area contributed by atoms with E-state index in [2.05, 4.69) is 6.07 Å². The van der Waals surface area contributed by atoms with Crippen LogP contribution in [0, 0.1) is 0 Å². The minimum absolute atomic E-state index is 0.0109. The first-order chi connectivity index (χ1) is 12.5. The molecule has 2 N–H and O–H groups in total. The molecule has 0 aliphatic carbocycles. The van der Waals surface area contributed by atoms with Crippen LogP contribution in [0.1, 0.15) is 18.1 Å². The molecule has 2 rings (SSSR count). The largest absolute Gasteiger partial charge is 0.463 e. The molecule has 0 heterocycles. The first-order valence-corrected chi connectivity index (χ1v) is 8.51. The molecule has 136 valence electrons. The van der Waals surface area contributed by atoms with Crippen LogP contribution < -0.4 is 5.73 Å². The number of hydrogen-bond donors (Lipinski definition) is 1. The Bertz CT molecular complexity index is 782. The second kappa shape index (κ2) is 9.53. The predicted octanol–water partition coefficient (Wildman–Crippen LogP) is 2.85. The minimum atomic E-state index is -0.347. The molecule has 5 nitrogen and oxygen atoms in total. The number of nitrogens with two attached hydrogens (primary N) is 1. The number of rotatable bonds is 7. The van der Waals surface area contributed by atoms with E-state index in [0.29, 0.717) is 13.2 Å². The fourth-order valence-electron chi connectivity index (χ4n) is 2.51. The van der Waals surface area contributed by atoms with Crippen LogP contribution in [0.15, 0.2) is 54.6 Å². The molecule has 0 unspecified atom stereocenters. The summed E-state index contributed by atoms with van der Waals surface area (Å²) in [5.41, 5.74) is 9.49. The highest BCUT2D eigenvalue weighted by Crippen LogP contribution is 2.22. The van der Waals surface area contributed by atoms with E-state index >= 15 is 0 Å². The first-order valence-electron chi connectivity index (χ1n) is 8.51. The first kappa shape index (κ1) is 19.4. The van der Waals surface area contributed by atoms with E-state index in [-0.39, 0.29) is 18.4 Å². The zero-order valence-corrected chi connectivity index (χ0v) is 15.1. The fraction of sp³-hybridized carbons (Fsp3) is 0.238. The monoisotopic (exact) mass is 352 g/mol. The summed E-state index contributed by atoms with van der Waals surface area (Å²) < 4.78 is 4.86. The van der Waals surface area contributed by atoms with Gasteiger partial charge >= 0.3 is 5.97 Å². The molecular weight excluding hydrogens is 328 g/mol. The van der Waals surface area contributed by atoms with Crippen molar-refractivity contribution in [1.29, 1.82) is 0 Å². The maximum Gasteiger partial charge on any atom is 0.330 e. The summed E-state index contributed by atoms with van der Waals surface area (Å²) in [5, 5.41) is 0. The van der Waals surface area contributed by atoms with Crippen LogP contribution in [-0.2, 0) is 20.9 Å². The molecule has 5 heteroatoms. The normalized spacial score (nSPS) is 10.7. The van der Waals surface area contributed by atoms with Gasteiger partial charge < -0.3 is 15.4 Å². The Hall–Kier alpha value is -2.92. The van der Waals surface area contributed by atoms with E-state index < -0.39 is 0 Å². The van der Waals surface area contributed by atoms with Crippen LogP contribution in [0.4, 0.5) is 0 Å². The number of benzene rings is 2. The summed E-state index contributed by atoms with van der Waals surface area (Å²) in [5.74, 6) is -0.437. The maximum absolute atomic E-state index is 11.6. The van der Waals surface area contributed by atoms with Gasteiger partial charge in [-0.15, -0.1) is 0 Å². The van der Waals surface area contributed by atoms with Crippen molar-refractivity contribution < 1.29 is 14.3 Å². The SMILES string of the molecule is CCOC(=O)/C=C/c1ccc(-c2cccc(CN(C)C(=O)CN)c2)cc1. The van der Waals surface area contributed by atoms with Crippen LogP contribution in [0.2, 0.25) is 0 Å². The zero-order valence-electron chi connectivity index (χ0n) is 15.1. The maximum atomic E-state index is 11.6. The highest BCUT2D eigenvalue weighted by molar-refractivity contribution is 5.87. The molecule has 1 amide bonds. The number of likely N-dealkylation sites (N-methyl/N-ethyl adjacent to an activating group) is 1. The number of esters is 1. The van der Waals surface area contributed by atoms with Crippen molar-refractivity contribution in [3.05, 3.63) is 65.7 Å². The van der Waals surface area contributed by atoms with Crippen molar-refractivity contribution in [2.24, 2.45) is 5.73 Å². The molecule has 0 spiro atoms. The third-order valence-corrected chi connectivity index (χ3v) is 3.89. The molecule has 0 aliphatic heterocycles. The smallest absolute Gasteiger partial charge is 0.330 e. The Balaban J connectivity index is 2.10. The van der Waals surface area contributed by atoms with Gasteiger partial charge in [-0.3, -0.25) is 4.79 Å². The Morgan fingerprint density at radius 3 is 2.50 bits per heavy atom. The quantitative estimate of drug-likeness (QED) is 0.614. The molecule has 0 fully saturated rings. The lowest BCUT2D eigenvalue weighted by Crippen LogP contribution is -2.32. The summed E-state index contributed by atoms with van der Waals surface area (Å²) >= 11 is 0. The van der Waals surface area contributed by atoms with Crippen LogP contribution in [0.5, 0.6) is 0 Å². The summed E-state index contributed by atoms with van der Waals surface area (Å²) in [7, 11) is 1.74. The summed E-state index contributed by atoms with van der Waals surface area (Å²) in [4.78, 5) is 24.6. The third kappa shape index (κ3) is 5.57. The molecule has 2 aromatic rings. The van der Waals surface area contributed by atoms with E-state index in [1.807, 2.05) is 42.5 Å². The number of carbonyl (C=O) groups excluding carboxylic acids is 2. The van der Waals surface area contributed by atoms with Gasteiger partial charge in [-0.1, -0.05) is 42.5 Å². The van der Waals surface area contributed by atoms with Crippen molar-refractivity contribution in [3.63, 3.8) is 0 Å². The molecule has 26 heavy (non-hydrogen) atoms. The summed E-state index contributed by atoms with van der Waals surface area (Å²) in [6, 6.07) is 15.9. The number of nitrogens with zero attached hydrogens (tertiary/aromatic N) is 1. The van der Waals surface area contributed by atoms with Crippen molar-refractivity contribution in [3.8, 4) is 11.1 Å². The molecule has 0 bridgehead atoms. The topological polar surface area (TPSA) is 72.6 Å². The summed E-state index contributed by atoms with van der Waals surface area (Å²) in [6.07, 6.45) is 3.15. The molecular formula is C21H24N2O3. The standard InChI is InChI=1S/C21H24N2O3/c1-3-26-21(25)12-9-16-7-10-18(11-8-16)19-6-4-5-17(13-19)15-23(2)20(24)14-22/h4-13H,3,14-15,22H2,1-2H3/b12-9+. The van der Waals surface area contributed by atoms with Gasteiger partial charge in [-0.25, -0.2) is 4.79 Å². The van der Waals surface area contributed by atoms with Gasteiger partial charge in [0.15, 0.2) is 0 Å². The van der Waals surface area contributed by atoms with Crippen LogP contribution in [-0.4, -0.2) is 37.0 Å². The fourth-order valence-corrected chi connectivity index (χ4v) is 2.51. The van der Waals surface area contributed by atoms with Crippen molar-refractivity contribution in [2.75, 3.05) is 20.2 Å². The highest BCUT2D eigenvalue weighted by atomic mass is 16.5. The number of carbonyl (C=O) groups is 2. The van der Waals surface area contributed by atoms with E-state index in [1.54, 1.807) is 24.9 Å². The molecule has 2 aromatic carbocycles. The van der Waals surface area contributed by atoms with Crippen molar-refractivity contribution in [2.45, 2.75) is 13.5 Å². The molecule has 0 aliphatic rings. The molecule has 0 aromatic heterocycles. The number of ether oxygens (including phenoxy) is 1. The molecule has 0 saturated heterocycles. The van der Waals surface area contributed by atoms with E-state index in [4.69, 9.17) is 10.5 Å². The third-order valence-electron chi connectivity index (χ3n) is 3.89. The second-order valence-corrected chi connectivity index (χ2v) is 5.86. The highest BCUT2D eigenvalue weighted by Gasteiger charge is 2.07. The van der Waals surface area contributed by atoms with Gasteiger partial charge in [0.2, 0.25) is 5.91 Å². The van der Waals surface area contributed by atoms with E-state index in [9.17, 15) is 9.59 Å². The van der Waals surface area contributed by atoms with Crippen molar-refractivity contribution >= 4 is 18.0 Å². The minimum Gasteiger partial charge on any atom is -0.463 e. The van der Waals surface area contributed by atoms with E-state index in [0.717, 1.165) is 22.3 Å². The Morgan fingerprint density at radius 2 is 1.85 bits per heavy atom. The summed E-state index contributed by atoms with van der Waals surface area (Å²) in [6.45, 7) is 2.67. The van der Waals surface area contributed by atoms with Gasteiger partial charge in [-0.05, 0) is 41.3 Å². The molecule has 0 radical (unpaired) electrons. The van der Waals surface area contributed by atoms with Crippen LogP contribution in [0.25, 0.3) is 17.2 Å². The van der Waals surface area contributed by atoms with Gasteiger partial charge in [0.25, 0.3) is 0 Å². The van der Waals surface area contributed by atoms with Gasteiger partial charge in [0.1, 0.15) is 0 Å². The average Bonchev–Trinajstić information content (AvgIpc) is 2.66. The Morgan fingerprint density at radius 1 is 1.12 bits per heavy atom. The predicted molar refractivity (Wildman–Crippen MR) is 103 cm³/mol. The zero-order chi connectivity index (χ0) is 18.9. The lowest BCUT2D eigenvalue weighted by Gasteiger charge is -2.16. The van der Waals surface area contributed by atoms with Gasteiger partial charge in [0, 0.05) is 19.7 Å². The second-order valence-electron chi connectivity index (χ2n) is 5.86. The lowest BCUT2D eigenvalue weighted by atomic mass is 10.0. The Labute approximate surface area is 154 Å².